The molecule has 1 N–H and O–H groups in total. The van der Waals surface area contributed by atoms with Crippen LogP contribution in [-0.4, -0.2) is 33.8 Å². The zero-order valence-electron chi connectivity index (χ0n) is 15.0. The van der Waals surface area contributed by atoms with Gasteiger partial charge in [0.2, 0.25) is 0 Å². The fraction of sp³-hybridized carbons (Fsp3) is 0.316. The predicted octanol–water partition coefficient (Wildman–Crippen LogP) is 3.40. The Labute approximate surface area is 163 Å². The minimum atomic E-state index is -3.26. The summed E-state index contributed by atoms with van der Waals surface area (Å²) in [5.74, 6) is 0.595. The third kappa shape index (κ3) is 4.54. The molecule has 2 aromatic rings. The summed E-state index contributed by atoms with van der Waals surface area (Å²) in [7, 11) is -3.26. The molecule has 1 atom stereocenters. The molecule has 0 aromatic heterocycles. The number of halogens is 1. The molecule has 0 radical (unpaired) electrons. The SMILES string of the molecule is C[C@@H](NC(=O)c1cc(Cl)c2c(c1)OCCCO2)c1ccc(S(C)(=O)=O)cc1. The van der Waals surface area contributed by atoms with Gasteiger partial charge in [-0.15, -0.1) is 0 Å². The van der Waals surface area contributed by atoms with Crippen molar-refractivity contribution in [2.24, 2.45) is 0 Å². The summed E-state index contributed by atoms with van der Waals surface area (Å²) in [5.41, 5.74) is 1.15. The first kappa shape index (κ1) is 19.5. The number of benzene rings is 2. The number of sulfone groups is 1. The van der Waals surface area contributed by atoms with Gasteiger partial charge in [-0.3, -0.25) is 4.79 Å². The topological polar surface area (TPSA) is 81.7 Å². The number of nitrogens with one attached hydrogen (secondary N) is 1. The summed E-state index contributed by atoms with van der Waals surface area (Å²) in [6.07, 6.45) is 1.90. The van der Waals surface area contributed by atoms with Gasteiger partial charge in [-0.05, 0) is 36.8 Å². The molecule has 0 bridgehead atoms. The first-order valence-electron chi connectivity index (χ1n) is 8.46. The van der Waals surface area contributed by atoms with E-state index < -0.39 is 9.84 Å². The minimum Gasteiger partial charge on any atom is -0.489 e. The molecule has 0 saturated heterocycles. The zero-order chi connectivity index (χ0) is 19.6. The molecule has 6 nitrogen and oxygen atoms in total. The summed E-state index contributed by atoms with van der Waals surface area (Å²) in [4.78, 5) is 12.9. The molecule has 144 valence electrons. The maximum absolute atomic E-state index is 12.6. The normalized spacial score (nSPS) is 14.9. The lowest BCUT2D eigenvalue weighted by molar-refractivity contribution is 0.0939. The van der Waals surface area contributed by atoms with Crippen molar-refractivity contribution in [1.82, 2.24) is 5.32 Å². The molecule has 0 fully saturated rings. The van der Waals surface area contributed by atoms with E-state index in [1.807, 2.05) is 6.92 Å². The van der Waals surface area contributed by atoms with Gasteiger partial charge >= 0.3 is 0 Å². The van der Waals surface area contributed by atoms with E-state index in [4.69, 9.17) is 21.1 Å². The number of hydrogen-bond donors (Lipinski definition) is 1. The van der Waals surface area contributed by atoms with Gasteiger partial charge in [0.25, 0.3) is 5.91 Å². The van der Waals surface area contributed by atoms with Gasteiger partial charge in [0.1, 0.15) is 0 Å². The van der Waals surface area contributed by atoms with E-state index in [0.29, 0.717) is 35.3 Å². The Morgan fingerprint density at radius 1 is 1.15 bits per heavy atom. The second kappa shape index (κ2) is 7.78. The van der Waals surface area contributed by atoms with E-state index in [1.165, 1.54) is 12.1 Å². The van der Waals surface area contributed by atoms with E-state index in [0.717, 1.165) is 18.2 Å². The van der Waals surface area contributed by atoms with Crippen molar-refractivity contribution in [3.8, 4) is 11.5 Å². The largest absolute Gasteiger partial charge is 0.489 e. The quantitative estimate of drug-likeness (QED) is 0.836. The number of hydrogen-bond acceptors (Lipinski definition) is 5. The molecule has 1 aliphatic heterocycles. The monoisotopic (exact) mass is 409 g/mol. The van der Waals surface area contributed by atoms with Crippen LogP contribution in [0, 0.1) is 0 Å². The number of rotatable bonds is 4. The van der Waals surface area contributed by atoms with Crippen LogP contribution in [0.2, 0.25) is 5.02 Å². The molecular weight excluding hydrogens is 390 g/mol. The smallest absolute Gasteiger partial charge is 0.251 e. The zero-order valence-corrected chi connectivity index (χ0v) is 16.6. The molecule has 1 amide bonds. The highest BCUT2D eigenvalue weighted by Gasteiger charge is 2.20. The molecule has 8 heteroatoms. The second-order valence-corrected chi connectivity index (χ2v) is 8.80. The fourth-order valence-electron chi connectivity index (χ4n) is 2.73. The van der Waals surface area contributed by atoms with Crippen molar-refractivity contribution in [2.75, 3.05) is 19.5 Å². The summed E-state index contributed by atoms with van der Waals surface area (Å²) in [6, 6.07) is 9.26. The molecule has 0 aliphatic carbocycles. The lowest BCUT2D eigenvalue weighted by Gasteiger charge is -2.16. The highest BCUT2D eigenvalue weighted by molar-refractivity contribution is 7.90. The van der Waals surface area contributed by atoms with Crippen LogP contribution in [0.5, 0.6) is 11.5 Å². The van der Waals surface area contributed by atoms with E-state index in [-0.39, 0.29) is 16.8 Å². The number of ether oxygens (including phenoxy) is 2. The third-order valence-electron chi connectivity index (χ3n) is 4.22. The van der Waals surface area contributed by atoms with Crippen LogP contribution >= 0.6 is 11.6 Å². The highest BCUT2D eigenvalue weighted by Crippen LogP contribution is 2.38. The molecule has 0 saturated carbocycles. The van der Waals surface area contributed by atoms with Crippen LogP contribution in [0.4, 0.5) is 0 Å². The molecule has 2 aromatic carbocycles. The summed E-state index contributed by atoms with van der Waals surface area (Å²) < 4.78 is 34.3. The van der Waals surface area contributed by atoms with Crippen LogP contribution in [0.1, 0.15) is 35.3 Å². The van der Waals surface area contributed by atoms with Crippen molar-refractivity contribution in [1.29, 1.82) is 0 Å². The van der Waals surface area contributed by atoms with Crippen LogP contribution in [0.15, 0.2) is 41.3 Å². The van der Waals surface area contributed by atoms with E-state index in [2.05, 4.69) is 5.32 Å². The van der Waals surface area contributed by atoms with Gasteiger partial charge in [-0.25, -0.2) is 8.42 Å². The molecule has 27 heavy (non-hydrogen) atoms. The molecule has 1 aliphatic rings. The van der Waals surface area contributed by atoms with Gasteiger partial charge in [-0.1, -0.05) is 23.7 Å². The van der Waals surface area contributed by atoms with Crippen LogP contribution in [0.25, 0.3) is 0 Å². The number of carbonyl (C=O) groups is 1. The lowest BCUT2D eigenvalue weighted by Crippen LogP contribution is -2.26. The number of fused-ring (bicyclic) bond motifs is 1. The van der Waals surface area contributed by atoms with Crippen molar-refractivity contribution in [3.05, 3.63) is 52.5 Å². The Morgan fingerprint density at radius 2 is 1.81 bits per heavy atom. The van der Waals surface area contributed by atoms with Crippen LogP contribution < -0.4 is 14.8 Å². The van der Waals surface area contributed by atoms with Crippen LogP contribution in [0.3, 0.4) is 0 Å². The Kier molecular flexibility index (Phi) is 5.62. The summed E-state index contributed by atoms with van der Waals surface area (Å²) in [5, 5.41) is 3.20. The van der Waals surface area contributed by atoms with E-state index in [9.17, 15) is 13.2 Å². The Morgan fingerprint density at radius 3 is 2.48 bits per heavy atom. The standard InChI is InChI=1S/C19H20ClNO5S/c1-12(13-4-6-15(7-5-13)27(2,23)24)21-19(22)14-10-16(20)18-17(11-14)25-8-3-9-26-18/h4-7,10-12H,3,8-9H2,1-2H3,(H,21,22)/t12-/m1/s1. The highest BCUT2D eigenvalue weighted by atomic mass is 35.5. The molecular formula is C19H20ClNO5S. The Bertz CT molecular complexity index is 957. The van der Waals surface area contributed by atoms with Crippen molar-refractivity contribution < 1.29 is 22.7 Å². The van der Waals surface area contributed by atoms with Gasteiger partial charge in [0.15, 0.2) is 21.3 Å². The van der Waals surface area contributed by atoms with Gasteiger partial charge in [0, 0.05) is 18.2 Å². The third-order valence-corrected chi connectivity index (χ3v) is 5.63. The molecule has 3 rings (SSSR count). The number of carbonyl (C=O) groups excluding carboxylic acids is 1. The average Bonchev–Trinajstić information content (AvgIpc) is 2.87. The maximum atomic E-state index is 12.6. The predicted molar refractivity (Wildman–Crippen MR) is 102 cm³/mol. The minimum absolute atomic E-state index is 0.236. The second-order valence-electron chi connectivity index (χ2n) is 6.37. The molecule has 0 spiro atoms. The van der Waals surface area contributed by atoms with Gasteiger partial charge < -0.3 is 14.8 Å². The lowest BCUT2D eigenvalue weighted by atomic mass is 10.1. The van der Waals surface area contributed by atoms with Crippen molar-refractivity contribution >= 4 is 27.3 Å². The molecule has 1 heterocycles. The van der Waals surface area contributed by atoms with E-state index in [1.54, 1.807) is 24.3 Å². The fourth-order valence-corrected chi connectivity index (χ4v) is 3.62. The van der Waals surface area contributed by atoms with Crippen molar-refractivity contribution in [2.45, 2.75) is 24.3 Å². The Balaban J connectivity index is 1.77. The summed E-state index contributed by atoms with van der Waals surface area (Å²) in [6.45, 7) is 2.83. The molecule has 0 unspecified atom stereocenters. The van der Waals surface area contributed by atoms with E-state index >= 15 is 0 Å². The van der Waals surface area contributed by atoms with Gasteiger partial charge in [0.05, 0.1) is 29.2 Å². The maximum Gasteiger partial charge on any atom is 0.251 e. The first-order chi connectivity index (χ1) is 12.8. The Hall–Kier alpha value is -2.25. The summed E-state index contributed by atoms with van der Waals surface area (Å²) >= 11 is 6.24. The first-order valence-corrected chi connectivity index (χ1v) is 10.7. The van der Waals surface area contributed by atoms with Crippen molar-refractivity contribution in [3.63, 3.8) is 0 Å². The average molecular weight is 410 g/mol. The van der Waals surface area contributed by atoms with Gasteiger partial charge in [-0.2, -0.15) is 0 Å². The van der Waals surface area contributed by atoms with Crippen LogP contribution in [-0.2, 0) is 9.84 Å². The number of amides is 1.